The van der Waals surface area contributed by atoms with Crippen LogP contribution in [0.1, 0.15) is 102 Å². The Morgan fingerprint density at radius 3 is 2.33 bits per heavy atom. The van der Waals surface area contributed by atoms with Crippen LogP contribution < -0.4 is 10.1 Å². The smallest absolute Gasteiger partial charge is 0.320 e. The number of esters is 1. The maximum Gasteiger partial charge on any atom is 0.320 e. The third kappa shape index (κ3) is 12.4. The molecule has 5 rings (SSSR count). The highest BCUT2D eigenvalue weighted by molar-refractivity contribution is 5.86. The number of hydrogen-bond donors (Lipinski definition) is 1. The molecule has 1 aromatic heterocycles. The van der Waals surface area contributed by atoms with Gasteiger partial charge in [-0.05, 0) is 134 Å². The standard InChI is InChI=1S/C38H53FN4O3.3ClH/c1-7-43-36(22-32(41-43)19-27-11-13-33(14-12-27)45-26(2)3)28-15-17-42(18-16-28)25-30-21-34(46-37(44)24-40-38(4,5)6)23-35(30)29-9-8-10-31(39)20-29;;;/h8-14,20,22,26,28,30,34-35,40H,7,15-19,21,23-25H2,1-6H3;3*1H/t30-,34+,35-;;;/m1.../s1. The molecule has 11 heteroatoms. The molecule has 1 N–H and O–H groups in total. The van der Waals surface area contributed by atoms with Crippen molar-refractivity contribution >= 4 is 43.2 Å². The Bertz CT molecular complexity index is 1440. The average molecular weight is 742 g/mol. The molecule has 0 amide bonds. The lowest BCUT2D eigenvalue weighted by Gasteiger charge is -2.35. The van der Waals surface area contributed by atoms with Crippen LogP contribution in [0.5, 0.6) is 5.75 Å². The quantitative estimate of drug-likeness (QED) is 0.188. The minimum atomic E-state index is -0.219. The molecule has 2 aliphatic rings. The molecule has 49 heavy (non-hydrogen) atoms. The Kier molecular flexibility index (Phi) is 16.9. The first-order valence-corrected chi connectivity index (χ1v) is 17.2. The molecule has 3 atom stereocenters. The van der Waals surface area contributed by atoms with Gasteiger partial charge in [0.2, 0.25) is 0 Å². The van der Waals surface area contributed by atoms with Gasteiger partial charge in [0.1, 0.15) is 17.7 Å². The van der Waals surface area contributed by atoms with Crippen molar-refractivity contribution in [3.05, 3.63) is 82.9 Å². The fourth-order valence-electron chi connectivity index (χ4n) is 7.15. The molecule has 274 valence electrons. The van der Waals surface area contributed by atoms with Crippen molar-refractivity contribution in [1.29, 1.82) is 0 Å². The van der Waals surface area contributed by atoms with Gasteiger partial charge in [0.15, 0.2) is 0 Å². The van der Waals surface area contributed by atoms with E-state index in [1.807, 2.05) is 52.8 Å². The molecule has 2 heterocycles. The van der Waals surface area contributed by atoms with Gasteiger partial charge in [-0.2, -0.15) is 5.10 Å². The summed E-state index contributed by atoms with van der Waals surface area (Å²) in [4.78, 5) is 15.2. The van der Waals surface area contributed by atoms with E-state index in [2.05, 4.69) is 40.0 Å². The number of aromatic nitrogens is 2. The Morgan fingerprint density at radius 2 is 1.71 bits per heavy atom. The summed E-state index contributed by atoms with van der Waals surface area (Å²) in [5.74, 6) is 1.41. The lowest BCUT2D eigenvalue weighted by atomic mass is 9.87. The van der Waals surface area contributed by atoms with Crippen molar-refractivity contribution in [3.8, 4) is 5.75 Å². The minimum absolute atomic E-state index is 0. The van der Waals surface area contributed by atoms with Crippen LogP contribution in [0, 0.1) is 11.7 Å². The Morgan fingerprint density at radius 1 is 1.02 bits per heavy atom. The van der Waals surface area contributed by atoms with Crippen molar-refractivity contribution in [2.45, 2.75) is 110 Å². The summed E-state index contributed by atoms with van der Waals surface area (Å²) in [5.41, 5.74) is 4.54. The number of piperidine rings is 1. The lowest BCUT2D eigenvalue weighted by Crippen LogP contribution is -2.40. The second-order valence-electron chi connectivity index (χ2n) is 14.5. The number of hydrogen-bond acceptors (Lipinski definition) is 6. The molecule has 2 fully saturated rings. The molecule has 0 bridgehead atoms. The summed E-state index contributed by atoms with van der Waals surface area (Å²) in [6.45, 7) is 16.4. The zero-order valence-electron chi connectivity index (χ0n) is 29.8. The van der Waals surface area contributed by atoms with Gasteiger partial charge < -0.3 is 19.7 Å². The van der Waals surface area contributed by atoms with E-state index in [1.165, 1.54) is 17.3 Å². The van der Waals surface area contributed by atoms with Crippen LogP contribution in [0.3, 0.4) is 0 Å². The fourth-order valence-corrected chi connectivity index (χ4v) is 7.15. The van der Waals surface area contributed by atoms with E-state index in [9.17, 15) is 9.18 Å². The number of ether oxygens (including phenoxy) is 2. The highest BCUT2D eigenvalue weighted by Gasteiger charge is 2.39. The third-order valence-electron chi connectivity index (χ3n) is 9.33. The van der Waals surface area contributed by atoms with Crippen LogP contribution >= 0.6 is 37.2 Å². The Balaban J connectivity index is 0.00000278. The normalized spacial score (nSPS) is 19.9. The zero-order valence-corrected chi connectivity index (χ0v) is 32.3. The molecule has 2 aromatic carbocycles. The molecular weight excluding hydrogens is 686 g/mol. The molecular formula is C38H56Cl3FN4O3. The molecule has 1 saturated carbocycles. The Hall–Kier alpha value is -2.36. The number of aryl methyl sites for hydroxylation is 1. The molecule has 1 aliphatic carbocycles. The highest BCUT2D eigenvalue weighted by Crippen LogP contribution is 2.42. The monoisotopic (exact) mass is 740 g/mol. The largest absolute Gasteiger partial charge is 0.491 e. The average Bonchev–Trinajstić information content (AvgIpc) is 3.60. The second-order valence-corrected chi connectivity index (χ2v) is 14.5. The predicted molar refractivity (Wildman–Crippen MR) is 203 cm³/mol. The topological polar surface area (TPSA) is 68.6 Å². The molecule has 3 aromatic rings. The van der Waals surface area contributed by atoms with E-state index in [0.29, 0.717) is 11.8 Å². The summed E-state index contributed by atoms with van der Waals surface area (Å²) in [6, 6.07) is 17.6. The molecule has 0 spiro atoms. The van der Waals surface area contributed by atoms with E-state index >= 15 is 0 Å². The number of halogens is 4. The first kappa shape index (κ1) is 42.8. The van der Waals surface area contributed by atoms with Gasteiger partial charge in [0.25, 0.3) is 0 Å². The molecule has 0 radical (unpaired) electrons. The van der Waals surface area contributed by atoms with Gasteiger partial charge in [0, 0.05) is 36.7 Å². The third-order valence-corrected chi connectivity index (χ3v) is 9.33. The first-order valence-electron chi connectivity index (χ1n) is 17.2. The Labute approximate surface area is 311 Å². The number of carbonyl (C=O) groups is 1. The van der Waals surface area contributed by atoms with Crippen molar-refractivity contribution in [3.63, 3.8) is 0 Å². The number of likely N-dealkylation sites (tertiary alicyclic amines) is 1. The van der Waals surface area contributed by atoms with Crippen LogP contribution in [0.15, 0.2) is 54.6 Å². The molecule has 7 nitrogen and oxygen atoms in total. The first-order chi connectivity index (χ1) is 22.0. The summed E-state index contributed by atoms with van der Waals surface area (Å²) < 4.78 is 28.2. The van der Waals surface area contributed by atoms with E-state index in [4.69, 9.17) is 14.6 Å². The number of rotatable bonds is 12. The van der Waals surface area contributed by atoms with E-state index < -0.39 is 0 Å². The van der Waals surface area contributed by atoms with Gasteiger partial charge in [-0.1, -0.05) is 24.3 Å². The van der Waals surface area contributed by atoms with E-state index in [1.54, 1.807) is 12.1 Å². The number of benzene rings is 2. The lowest BCUT2D eigenvalue weighted by molar-refractivity contribution is -0.148. The number of carbonyl (C=O) groups excluding carboxylic acids is 1. The van der Waals surface area contributed by atoms with Crippen molar-refractivity contribution < 1.29 is 18.7 Å². The molecule has 1 saturated heterocycles. The van der Waals surface area contributed by atoms with Crippen molar-refractivity contribution in [2.75, 3.05) is 26.2 Å². The molecule has 1 aliphatic heterocycles. The predicted octanol–water partition coefficient (Wildman–Crippen LogP) is 8.36. The minimum Gasteiger partial charge on any atom is -0.491 e. The number of nitrogens with one attached hydrogen (secondary N) is 1. The van der Waals surface area contributed by atoms with E-state index in [-0.39, 0.29) is 79.2 Å². The highest BCUT2D eigenvalue weighted by atomic mass is 35.5. The van der Waals surface area contributed by atoms with Crippen molar-refractivity contribution in [1.82, 2.24) is 20.0 Å². The van der Waals surface area contributed by atoms with E-state index in [0.717, 1.165) is 75.3 Å². The molecule has 0 unspecified atom stereocenters. The van der Waals surface area contributed by atoms with Gasteiger partial charge in [-0.3, -0.25) is 9.48 Å². The van der Waals surface area contributed by atoms with Crippen LogP contribution in [0.4, 0.5) is 4.39 Å². The zero-order chi connectivity index (χ0) is 32.8. The van der Waals surface area contributed by atoms with Crippen molar-refractivity contribution in [2.24, 2.45) is 5.92 Å². The second kappa shape index (κ2) is 19.3. The van der Waals surface area contributed by atoms with Gasteiger partial charge in [-0.25, -0.2) is 4.39 Å². The maximum atomic E-state index is 14.3. The van der Waals surface area contributed by atoms with Crippen LogP contribution in [-0.2, 0) is 22.5 Å². The summed E-state index contributed by atoms with van der Waals surface area (Å²) in [6.07, 6.45) is 4.53. The summed E-state index contributed by atoms with van der Waals surface area (Å²) in [7, 11) is 0. The summed E-state index contributed by atoms with van der Waals surface area (Å²) in [5, 5.41) is 8.20. The number of nitrogens with zero attached hydrogens (tertiary/aromatic N) is 3. The SMILES string of the molecule is CCn1nc(Cc2ccc(OC(C)C)cc2)cc1C1CCN(C[C@H]2C[C@H](OC(=O)CNC(C)(C)C)C[C@@H]2c2cccc(F)c2)CC1.Cl.Cl.Cl. The van der Waals surface area contributed by atoms with Crippen LogP contribution in [-0.4, -0.2) is 64.6 Å². The fraction of sp³-hybridized carbons (Fsp3) is 0.579. The van der Waals surface area contributed by atoms with Gasteiger partial charge >= 0.3 is 5.97 Å². The maximum absolute atomic E-state index is 14.3. The van der Waals surface area contributed by atoms with Crippen LogP contribution in [0.2, 0.25) is 0 Å². The summed E-state index contributed by atoms with van der Waals surface area (Å²) >= 11 is 0. The van der Waals surface area contributed by atoms with Crippen LogP contribution in [0.25, 0.3) is 0 Å². The van der Waals surface area contributed by atoms with Gasteiger partial charge in [0.05, 0.1) is 18.3 Å². The van der Waals surface area contributed by atoms with Gasteiger partial charge in [-0.15, -0.1) is 37.2 Å².